The molecule has 22 heavy (non-hydrogen) atoms. The van der Waals surface area contributed by atoms with E-state index < -0.39 is 36.4 Å². The van der Waals surface area contributed by atoms with E-state index in [1.54, 1.807) is 0 Å². The molecule has 0 saturated carbocycles. The number of carboxylic acids is 3. The number of hydrogen-bond donors (Lipinski definition) is 4. The van der Waals surface area contributed by atoms with E-state index in [-0.39, 0.29) is 56.6 Å². The third-order valence-electron chi connectivity index (χ3n) is 2.25. The molecule has 2 atom stereocenters. The summed E-state index contributed by atoms with van der Waals surface area (Å²) in [5, 5.41) is 31.6. The van der Waals surface area contributed by atoms with Crippen molar-refractivity contribution in [3.8, 4) is 0 Å². The molecule has 0 heterocycles. The van der Waals surface area contributed by atoms with Crippen LogP contribution in [0.1, 0.15) is 19.3 Å². The van der Waals surface area contributed by atoms with Gasteiger partial charge in [0.2, 0.25) is 0 Å². The van der Waals surface area contributed by atoms with Crippen LogP contribution < -0.4 is 64.7 Å². The Morgan fingerprint density at radius 1 is 1.23 bits per heavy atom. The molecule has 0 amide bonds. The third kappa shape index (κ3) is 12.6. The SMILES string of the molecule is NC(=NCCCC(N)C(=O)O)NC(CC(=O)[O-])C(=O)[O-].[Li+].[Li+]. The number of aliphatic carboxylic acids is 3. The number of carbonyl (C=O) groups is 3. The monoisotopic (exact) mass is 302 g/mol. The molecular weight excluding hydrogens is 286 g/mol. The van der Waals surface area contributed by atoms with Crippen LogP contribution in [0.2, 0.25) is 0 Å². The standard InChI is InChI=1S/C10H18N4O6.2Li/c11-5(8(17)18)2-1-3-13-10(12)14-6(9(19)20)4-7(15)16;;/h5-6H,1-4,11H2,(H,15,16)(H,17,18)(H,19,20)(H3,12,13,14);;/q;2*+1/p-2. The van der Waals surface area contributed by atoms with Gasteiger partial charge in [-0.1, -0.05) is 0 Å². The predicted octanol–water partition coefficient (Wildman–Crippen LogP) is -10.7. The van der Waals surface area contributed by atoms with E-state index >= 15 is 0 Å². The van der Waals surface area contributed by atoms with E-state index in [1.807, 2.05) is 0 Å². The molecule has 0 aliphatic rings. The van der Waals surface area contributed by atoms with Gasteiger partial charge in [0.1, 0.15) is 6.04 Å². The summed E-state index contributed by atoms with van der Waals surface area (Å²) < 4.78 is 0. The maximum Gasteiger partial charge on any atom is 1.00 e. The second-order valence-electron chi connectivity index (χ2n) is 3.95. The van der Waals surface area contributed by atoms with Crippen LogP contribution in [0.15, 0.2) is 4.99 Å². The predicted molar refractivity (Wildman–Crippen MR) is 62.9 cm³/mol. The number of aliphatic imine (C=N–C) groups is 1. The fourth-order valence-corrected chi connectivity index (χ4v) is 1.22. The molecule has 12 heteroatoms. The van der Waals surface area contributed by atoms with E-state index in [1.165, 1.54) is 0 Å². The fourth-order valence-electron chi connectivity index (χ4n) is 1.22. The van der Waals surface area contributed by atoms with Crippen LogP contribution in [0.25, 0.3) is 0 Å². The minimum absolute atomic E-state index is 0. The summed E-state index contributed by atoms with van der Waals surface area (Å²) in [7, 11) is 0. The fraction of sp³-hybridized carbons (Fsp3) is 0.600. The van der Waals surface area contributed by atoms with Crippen LogP contribution in [0.3, 0.4) is 0 Å². The van der Waals surface area contributed by atoms with Gasteiger partial charge in [-0.05, 0) is 12.8 Å². The summed E-state index contributed by atoms with van der Waals surface area (Å²) in [5.74, 6) is -4.65. The molecule has 0 saturated heterocycles. The normalized spacial score (nSPS) is 13.0. The number of carboxylic acid groups (broad SMARTS) is 3. The molecule has 10 nitrogen and oxygen atoms in total. The third-order valence-corrected chi connectivity index (χ3v) is 2.25. The van der Waals surface area contributed by atoms with E-state index in [0.29, 0.717) is 6.42 Å². The molecular formula is C10H16Li2N4O6. The Hall–Kier alpha value is -1.17. The second-order valence-corrected chi connectivity index (χ2v) is 3.95. The first-order valence-electron chi connectivity index (χ1n) is 5.69. The van der Waals surface area contributed by atoms with Crippen LogP contribution in [0, 0.1) is 0 Å². The first-order valence-corrected chi connectivity index (χ1v) is 5.69. The first-order chi connectivity index (χ1) is 9.23. The molecule has 0 aromatic heterocycles. The van der Waals surface area contributed by atoms with Gasteiger partial charge in [0.25, 0.3) is 0 Å². The van der Waals surface area contributed by atoms with Gasteiger partial charge in [-0.3, -0.25) is 9.79 Å². The van der Waals surface area contributed by atoms with Gasteiger partial charge in [-0.2, -0.15) is 0 Å². The van der Waals surface area contributed by atoms with E-state index in [4.69, 9.17) is 16.6 Å². The maximum absolute atomic E-state index is 10.6. The van der Waals surface area contributed by atoms with E-state index in [0.717, 1.165) is 0 Å². The van der Waals surface area contributed by atoms with Crippen molar-refractivity contribution in [2.24, 2.45) is 16.5 Å². The summed E-state index contributed by atoms with van der Waals surface area (Å²) in [4.78, 5) is 35.0. The summed E-state index contributed by atoms with van der Waals surface area (Å²) in [6.45, 7) is 0.116. The van der Waals surface area contributed by atoms with E-state index in [2.05, 4.69) is 10.3 Å². The molecule has 0 rings (SSSR count). The average molecular weight is 302 g/mol. The Labute approximate surface area is 151 Å². The molecule has 114 valence electrons. The van der Waals surface area contributed by atoms with Crippen molar-refractivity contribution in [3.05, 3.63) is 0 Å². The Morgan fingerprint density at radius 2 is 1.77 bits per heavy atom. The van der Waals surface area contributed by atoms with Crippen molar-refractivity contribution in [3.63, 3.8) is 0 Å². The van der Waals surface area contributed by atoms with Gasteiger partial charge < -0.3 is 41.7 Å². The van der Waals surface area contributed by atoms with E-state index in [9.17, 15) is 24.6 Å². The van der Waals surface area contributed by atoms with Crippen molar-refractivity contribution in [1.82, 2.24) is 5.32 Å². The van der Waals surface area contributed by atoms with Crippen LogP contribution in [0.5, 0.6) is 0 Å². The van der Waals surface area contributed by atoms with Crippen LogP contribution in [0.4, 0.5) is 0 Å². The van der Waals surface area contributed by atoms with Crippen molar-refractivity contribution < 1.29 is 67.4 Å². The first kappa shape index (κ1) is 25.8. The largest absolute Gasteiger partial charge is 1.00 e. The van der Waals surface area contributed by atoms with Crippen molar-refractivity contribution in [2.45, 2.75) is 31.3 Å². The molecule has 0 aliphatic carbocycles. The molecule has 0 aromatic rings. The molecule has 0 bridgehead atoms. The number of carbonyl (C=O) groups excluding carboxylic acids is 2. The number of nitrogens with two attached hydrogens (primary N) is 2. The Bertz CT molecular complexity index is 407. The smallest absolute Gasteiger partial charge is 0.550 e. The summed E-state index contributed by atoms with van der Waals surface area (Å²) in [6, 6.07) is -2.56. The molecule has 0 radical (unpaired) electrons. The van der Waals surface area contributed by atoms with Crippen molar-refractivity contribution in [2.75, 3.05) is 6.54 Å². The van der Waals surface area contributed by atoms with Gasteiger partial charge in [0.05, 0.1) is 12.0 Å². The molecule has 0 fully saturated rings. The van der Waals surface area contributed by atoms with Crippen LogP contribution >= 0.6 is 0 Å². The van der Waals surface area contributed by atoms with Crippen LogP contribution in [-0.4, -0.2) is 47.6 Å². The zero-order valence-electron chi connectivity index (χ0n) is 12.6. The van der Waals surface area contributed by atoms with Gasteiger partial charge in [-0.25, -0.2) is 0 Å². The molecule has 6 N–H and O–H groups in total. The van der Waals surface area contributed by atoms with Gasteiger partial charge >= 0.3 is 43.7 Å². The molecule has 0 spiro atoms. The van der Waals surface area contributed by atoms with Gasteiger partial charge in [0.15, 0.2) is 5.96 Å². The van der Waals surface area contributed by atoms with Gasteiger partial charge in [0, 0.05) is 18.9 Å². The van der Waals surface area contributed by atoms with Gasteiger partial charge in [-0.15, -0.1) is 0 Å². The zero-order chi connectivity index (χ0) is 15.7. The minimum atomic E-state index is -1.65. The Kier molecular flexibility index (Phi) is 15.8. The summed E-state index contributed by atoms with van der Waals surface area (Å²) >= 11 is 0. The quantitative estimate of drug-likeness (QED) is 0.138. The van der Waals surface area contributed by atoms with Crippen molar-refractivity contribution >= 4 is 23.9 Å². The van der Waals surface area contributed by atoms with Crippen molar-refractivity contribution in [1.29, 1.82) is 0 Å². The molecule has 2 unspecified atom stereocenters. The Balaban J connectivity index is -0.00000180. The minimum Gasteiger partial charge on any atom is -0.550 e. The summed E-state index contributed by atoms with van der Waals surface area (Å²) in [5.41, 5.74) is 10.6. The number of nitrogens with zero attached hydrogens (tertiary/aromatic N) is 1. The topological polar surface area (TPSA) is 194 Å². The summed E-state index contributed by atoms with van der Waals surface area (Å²) in [6.07, 6.45) is -0.316. The molecule has 0 aliphatic heterocycles. The van der Waals surface area contributed by atoms with Crippen LogP contribution in [-0.2, 0) is 14.4 Å². The maximum atomic E-state index is 10.6. The zero-order valence-corrected chi connectivity index (χ0v) is 12.6. The number of guanidine groups is 1. The second kappa shape index (κ2) is 13.5. The Morgan fingerprint density at radius 3 is 2.18 bits per heavy atom. The average Bonchev–Trinajstić information content (AvgIpc) is 2.32. The molecule has 0 aromatic carbocycles. The number of nitrogens with one attached hydrogen (secondary N) is 1. The number of rotatable bonds is 9. The number of hydrogen-bond acceptors (Lipinski definition) is 7.